The van der Waals surface area contributed by atoms with E-state index in [0.717, 1.165) is 6.41 Å². The van der Waals surface area contributed by atoms with E-state index in [2.05, 4.69) is 5.32 Å². The van der Waals surface area contributed by atoms with E-state index in [0.29, 0.717) is 44.2 Å². The summed E-state index contributed by atoms with van der Waals surface area (Å²) in [6.45, 7) is 3.91. The van der Waals surface area contributed by atoms with Crippen molar-refractivity contribution in [3.63, 3.8) is 0 Å². The molecule has 0 atom stereocenters. The Morgan fingerprint density at radius 3 is 2.55 bits per heavy atom. The van der Waals surface area contributed by atoms with Crippen molar-refractivity contribution in [1.82, 2.24) is 9.80 Å². The second-order valence-corrected chi connectivity index (χ2v) is 4.82. The highest BCUT2D eigenvalue weighted by molar-refractivity contribution is 6.39. The Morgan fingerprint density at radius 2 is 1.91 bits per heavy atom. The summed E-state index contributed by atoms with van der Waals surface area (Å²) in [6, 6.07) is 6.96. The standard InChI is InChI=1S/C15H19N3O4/c1-2-22-13-6-4-3-5-12(13)16-14(20)15(21)18-9-7-17(11-19)8-10-18/h3-6,11H,2,7-10H2,1H3,(H,16,20). The molecule has 2 rings (SSSR count). The van der Waals surface area contributed by atoms with Crippen LogP contribution < -0.4 is 10.1 Å². The SMILES string of the molecule is CCOc1ccccc1NC(=O)C(=O)N1CCN(C=O)CC1. The highest BCUT2D eigenvalue weighted by Crippen LogP contribution is 2.23. The lowest BCUT2D eigenvalue weighted by Crippen LogP contribution is -2.51. The molecule has 1 aliphatic heterocycles. The Morgan fingerprint density at radius 1 is 1.23 bits per heavy atom. The van der Waals surface area contributed by atoms with Gasteiger partial charge in [-0.2, -0.15) is 0 Å². The van der Waals surface area contributed by atoms with E-state index in [4.69, 9.17) is 4.74 Å². The number of anilines is 1. The lowest BCUT2D eigenvalue weighted by atomic mass is 10.2. The van der Waals surface area contributed by atoms with Crippen LogP contribution in [-0.2, 0) is 14.4 Å². The highest BCUT2D eigenvalue weighted by Gasteiger charge is 2.26. The van der Waals surface area contributed by atoms with Gasteiger partial charge in [0.1, 0.15) is 5.75 Å². The number of para-hydroxylation sites is 2. The third-order valence-electron chi connectivity index (χ3n) is 3.38. The van der Waals surface area contributed by atoms with Crippen LogP contribution in [-0.4, -0.2) is 60.8 Å². The maximum atomic E-state index is 12.1. The quantitative estimate of drug-likeness (QED) is 0.642. The Balaban J connectivity index is 1.97. The topological polar surface area (TPSA) is 79.0 Å². The normalized spacial score (nSPS) is 14.4. The fraction of sp³-hybridized carbons (Fsp3) is 0.400. The number of hydrogen-bond acceptors (Lipinski definition) is 4. The first kappa shape index (κ1) is 15.8. The average molecular weight is 305 g/mol. The molecule has 1 aromatic rings. The van der Waals surface area contributed by atoms with Crippen molar-refractivity contribution in [3.8, 4) is 5.75 Å². The first-order valence-corrected chi connectivity index (χ1v) is 7.17. The lowest BCUT2D eigenvalue weighted by molar-refractivity contribution is -0.144. The van der Waals surface area contributed by atoms with Gasteiger partial charge in [-0.15, -0.1) is 0 Å². The number of benzene rings is 1. The molecule has 0 radical (unpaired) electrons. The van der Waals surface area contributed by atoms with Gasteiger partial charge in [-0.1, -0.05) is 12.1 Å². The van der Waals surface area contributed by atoms with Crippen LogP contribution in [0.1, 0.15) is 6.92 Å². The number of amides is 3. The largest absolute Gasteiger partial charge is 0.492 e. The van der Waals surface area contributed by atoms with Gasteiger partial charge in [0.15, 0.2) is 0 Å². The maximum absolute atomic E-state index is 12.1. The molecule has 1 N–H and O–H groups in total. The number of carbonyl (C=O) groups excluding carboxylic acids is 3. The van der Waals surface area contributed by atoms with Crippen LogP contribution in [0.25, 0.3) is 0 Å². The molecule has 0 aromatic heterocycles. The fourth-order valence-electron chi connectivity index (χ4n) is 2.20. The second-order valence-electron chi connectivity index (χ2n) is 4.82. The molecule has 0 saturated carbocycles. The molecule has 7 heteroatoms. The summed E-state index contributed by atoms with van der Waals surface area (Å²) < 4.78 is 5.41. The van der Waals surface area contributed by atoms with Crippen molar-refractivity contribution in [2.24, 2.45) is 0 Å². The van der Waals surface area contributed by atoms with Crippen LogP contribution in [0.2, 0.25) is 0 Å². The molecule has 1 fully saturated rings. The summed E-state index contributed by atoms with van der Waals surface area (Å²) in [5, 5.41) is 2.58. The summed E-state index contributed by atoms with van der Waals surface area (Å²) in [5.41, 5.74) is 0.467. The molecular formula is C15H19N3O4. The molecule has 0 aliphatic carbocycles. The third kappa shape index (κ3) is 3.75. The molecule has 22 heavy (non-hydrogen) atoms. The number of carbonyl (C=O) groups is 3. The van der Waals surface area contributed by atoms with Crippen molar-refractivity contribution in [3.05, 3.63) is 24.3 Å². The predicted octanol–water partition coefficient (Wildman–Crippen LogP) is 0.324. The fourth-order valence-corrected chi connectivity index (χ4v) is 2.20. The van der Waals surface area contributed by atoms with Crippen LogP contribution in [0.15, 0.2) is 24.3 Å². The van der Waals surface area contributed by atoms with Crippen LogP contribution in [0, 0.1) is 0 Å². The summed E-state index contributed by atoms with van der Waals surface area (Å²) >= 11 is 0. The van der Waals surface area contributed by atoms with Crippen LogP contribution >= 0.6 is 0 Å². The summed E-state index contributed by atoms with van der Waals surface area (Å²) in [4.78, 5) is 37.9. The molecular weight excluding hydrogens is 286 g/mol. The van der Waals surface area contributed by atoms with E-state index in [1.165, 1.54) is 4.90 Å². The van der Waals surface area contributed by atoms with Gasteiger partial charge < -0.3 is 19.9 Å². The smallest absolute Gasteiger partial charge is 0.314 e. The zero-order valence-electron chi connectivity index (χ0n) is 12.4. The molecule has 0 bridgehead atoms. The van der Waals surface area contributed by atoms with Crippen molar-refractivity contribution in [2.45, 2.75) is 6.92 Å². The Kier molecular flexibility index (Phi) is 5.35. The second kappa shape index (κ2) is 7.44. The molecule has 7 nitrogen and oxygen atoms in total. The van der Waals surface area contributed by atoms with Crippen molar-refractivity contribution >= 4 is 23.9 Å². The van der Waals surface area contributed by atoms with Crippen LogP contribution in [0.5, 0.6) is 5.75 Å². The molecule has 1 saturated heterocycles. The zero-order chi connectivity index (χ0) is 15.9. The maximum Gasteiger partial charge on any atom is 0.314 e. The first-order valence-electron chi connectivity index (χ1n) is 7.17. The van der Waals surface area contributed by atoms with Gasteiger partial charge in [0, 0.05) is 26.2 Å². The summed E-state index contributed by atoms with van der Waals surface area (Å²) in [5.74, 6) is -0.777. The van der Waals surface area contributed by atoms with Crippen LogP contribution in [0.4, 0.5) is 5.69 Å². The Hall–Kier alpha value is -2.57. The van der Waals surface area contributed by atoms with Gasteiger partial charge in [0.25, 0.3) is 0 Å². The van der Waals surface area contributed by atoms with Crippen molar-refractivity contribution in [1.29, 1.82) is 0 Å². The minimum absolute atomic E-state index is 0.359. The summed E-state index contributed by atoms with van der Waals surface area (Å²) in [7, 11) is 0. The minimum Gasteiger partial charge on any atom is -0.492 e. The van der Waals surface area contributed by atoms with E-state index in [9.17, 15) is 14.4 Å². The van der Waals surface area contributed by atoms with Gasteiger partial charge >= 0.3 is 11.8 Å². The number of rotatable bonds is 4. The van der Waals surface area contributed by atoms with E-state index in [1.54, 1.807) is 29.2 Å². The van der Waals surface area contributed by atoms with E-state index >= 15 is 0 Å². The molecule has 1 aromatic carbocycles. The Bertz CT molecular complexity index is 553. The third-order valence-corrected chi connectivity index (χ3v) is 3.38. The van der Waals surface area contributed by atoms with E-state index in [-0.39, 0.29) is 0 Å². The lowest BCUT2D eigenvalue weighted by Gasteiger charge is -2.32. The monoisotopic (exact) mass is 305 g/mol. The number of nitrogens with zero attached hydrogens (tertiary/aromatic N) is 2. The molecule has 3 amide bonds. The van der Waals surface area contributed by atoms with Gasteiger partial charge in [0.2, 0.25) is 6.41 Å². The van der Waals surface area contributed by atoms with Crippen LogP contribution in [0.3, 0.4) is 0 Å². The summed E-state index contributed by atoms with van der Waals surface area (Å²) in [6.07, 6.45) is 0.750. The van der Waals surface area contributed by atoms with E-state index in [1.807, 2.05) is 6.92 Å². The molecule has 1 heterocycles. The predicted molar refractivity (Wildman–Crippen MR) is 80.5 cm³/mol. The molecule has 118 valence electrons. The van der Waals surface area contributed by atoms with Crippen molar-refractivity contribution < 1.29 is 19.1 Å². The average Bonchev–Trinajstić information content (AvgIpc) is 2.56. The number of hydrogen-bond donors (Lipinski definition) is 1. The highest BCUT2D eigenvalue weighted by atomic mass is 16.5. The number of ether oxygens (including phenoxy) is 1. The van der Waals surface area contributed by atoms with Crippen molar-refractivity contribution in [2.75, 3.05) is 38.1 Å². The Labute approximate surface area is 128 Å². The first-order chi connectivity index (χ1) is 10.7. The minimum atomic E-state index is -0.702. The van der Waals surface area contributed by atoms with Gasteiger partial charge in [0.05, 0.1) is 12.3 Å². The number of nitrogens with one attached hydrogen (secondary N) is 1. The van der Waals surface area contributed by atoms with E-state index < -0.39 is 11.8 Å². The van der Waals surface area contributed by atoms with Gasteiger partial charge in [-0.3, -0.25) is 14.4 Å². The zero-order valence-corrected chi connectivity index (χ0v) is 12.4. The van der Waals surface area contributed by atoms with Gasteiger partial charge in [-0.25, -0.2) is 0 Å². The van der Waals surface area contributed by atoms with Gasteiger partial charge in [-0.05, 0) is 19.1 Å². The molecule has 0 spiro atoms. The molecule has 0 unspecified atom stereocenters. The molecule has 1 aliphatic rings. The number of piperazine rings is 1.